The summed E-state index contributed by atoms with van der Waals surface area (Å²) in [4.78, 5) is 0. The maximum Gasteiger partial charge on any atom is 0.0878 e. The summed E-state index contributed by atoms with van der Waals surface area (Å²) in [6, 6.07) is 0. The Kier molecular flexibility index (Phi) is 2.34. The minimum atomic E-state index is -0.684. The predicted octanol–water partition coefficient (Wildman–Crippen LogP) is 1.56. The average molecular weight is 268 g/mol. The second-order valence-corrected chi connectivity index (χ2v) is 4.07. The summed E-state index contributed by atoms with van der Waals surface area (Å²) >= 11 is 6.66. The van der Waals surface area contributed by atoms with Crippen molar-refractivity contribution in [3.63, 3.8) is 0 Å². The zero-order chi connectivity index (χ0) is 7.78. The van der Waals surface area contributed by atoms with Gasteiger partial charge >= 0.3 is 0 Å². The number of nitrogens with two attached hydrogens (primary N) is 2. The zero-order valence-corrected chi connectivity index (χ0v) is 8.44. The molecule has 0 atom stereocenters. The Labute approximate surface area is 76.6 Å². The Bertz CT molecular complexity index is 206. The van der Waals surface area contributed by atoms with Gasteiger partial charge in [0.15, 0.2) is 0 Å². The van der Waals surface area contributed by atoms with Crippen LogP contribution in [0.4, 0.5) is 0 Å². The van der Waals surface area contributed by atoms with Crippen LogP contribution in [0, 0.1) is 0 Å². The molecule has 4 heteroatoms. The van der Waals surface area contributed by atoms with Crippen molar-refractivity contribution in [2.75, 3.05) is 0 Å². The summed E-state index contributed by atoms with van der Waals surface area (Å²) in [5, 5.41) is 0. The van der Waals surface area contributed by atoms with Gasteiger partial charge in [-0.15, -0.1) is 0 Å². The molecule has 56 valence electrons. The van der Waals surface area contributed by atoms with E-state index in [0.29, 0.717) is 6.42 Å². The third kappa shape index (κ3) is 1.92. The molecule has 1 rings (SSSR count). The Morgan fingerprint density at radius 1 is 1.30 bits per heavy atom. The first-order valence-corrected chi connectivity index (χ1v) is 4.42. The second-order valence-electron chi connectivity index (χ2n) is 2.36. The van der Waals surface area contributed by atoms with Crippen molar-refractivity contribution in [2.24, 2.45) is 11.5 Å². The van der Waals surface area contributed by atoms with E-state index in [4.69, 9.17) is 11.5 Å². The van der Waals surface area contributed by atoms with Crippen LogP contribution >= 0.6 is 31.9 Å². The Morgan fingerprint density at radius 3 is 2.30 bits per heavy atom. The van der Waals surface area contributed by atoms with Gasteiger partial charge in [0, 0.05) is 15.4 Å². The Morgan fingerprint density at radius 2 is 1.90 bits per heavy atom. The number of hydrogen-bond donors (Lipinski definition) is 2. The highest BCUT2D eigenvalue weighted by atomic mass is 79.9. The van der Waals surface area contributed by atoms with Gasteiger partial charge < -0.3 is 11.5 Å². The van der Waals surface area contributed by atoms with E-state index in [-0.39, 0.29) is 0 Å². The van der Waals surface area contributed by atoms with Crippen molar-refractivity contribution in [1.29, 1.82) is 0 Å². The van der Waals surface area contributed by atoms with Gasteiger partial charge in [-0.25, -0.2) is 0 Å². The smallest absolute Gasteiger partial charge is 0.0878 e. The first kappa shape index (κ1) is 8.46. The van der Waals surface area contributed by atoms with Crippen molar-refractivity contribution < 1.29 is 0 Å². The van der Waals surface area contributed by atoms with Gasteiger partial charge in [0.1, 0.15) is 0 Å². The summed E-state index contributed by atoms with van der Waals surface area (Å²) < 4.78 is 1.93. The quantitative estimate of drug-likeness (QED) is 0.655. The fourth-order valence-electron chi connectivity index (χ4n) is 0.728. The SMILES string of the molecule is NC1(N)C=C(Br)C(Br)=CC1. The number of halogens is 2. The largest absolute Gasteiger partial charge is 0.310 e. The van der Waals surface area contributed by atoms with E-state index in [0.717, 1.165) is 8.96 Å². The van der Waals surface area contributed by atoms with Crippen LogP contribution in [0.25, 0.3) is 0 Å². The van der Waals surface area contributed by atoms with Crippen LogP contribution in [-0.2, 0) is 0 Å². The summed E-state index contributed by atoms with van der Waals surface area (Å²) in [6.45, 7) is 0. The molecule has 0 saturated carbocycles. The number of allylic oxidation sites excluding steroid dienone is 2. The molecule has 0 bridgehead atoms. The molecule has 1 aliphatic rings. The van der Waals surface area contributed by atoms with Crippen molar-refractivity contribution in [3.05, 3.63) is 21.1 Å². The van der Waals surface area contributed by atoms with Crippen molar-refractivity contribution >= 4 is 31.9 Å². The van der Waals surface area contributed by atoms with Gasteiger partial charge in [0.25, 0.3) is 0 Å². The molecule has 0 aliphatic heterocycles. The summed E-state index contributed by atoms with van der Waals surface area (Å²) in [5.41, 5.74) is 10.6. The molecule has 0 amide bonds. The van der Waals surface area contributed by atoms with Crippen LogP contribution < -0.4 is 11.5 Å². The molecule has 0 unspecified atom stereocenters. The predicted molar refractivity (Wildman–Crippen MR) is 49.7 cm³/mol. The lowest BCUT2D eigenvalue weighted by Crippen LogP contribution is -2.47. The molecule has 1 aliphatic carbocycles. The molecular weight excluding hydrogens is 260 g/mol. The van der Waals surface area contributed by atoms with E-state index in [1.165, 1.54) is 0 Å². The standard InChI is InChI=1S/C6H8Br2N2/c7-4-1-2-6(9,10)3-5(4)8/h1,3H,2,9-10H2. The molecule has 0 aromatic rings. The molecule has 0 aromatic carbocycles. The second kappa shape index (κ2) is 2.77. The number of rotatable bonds is 0. The minimum Gasteiger partial charge on any atom is -0.310 e. The molecule has 0 saturated heterocycles. The third-order valence-corrected chi connectivity index (χ3v) is 3.20. The Hall–Kier alpha value is 0.360. The van der Waals surface area contributed by atoms with Crippen LogP contribution in [0.15, 0.2) is 21.1 Å². The van der Waals surface area contributed by atoms with E-state index in [9.17, 15) is 0 Å². The van der Waals surface area contributed by atoms with Gasteiger partial charge in [0.2, 0.25) is 0 Å². The normalized spacial score (nSPS) is 23.6. The van der Waals surface area contributed by atoms with E-state index < -0.39 is 5.66 Å². The Balaban J connectivity index is 2.87. The van der Waals surface area contributed by atoms with Crippen LogP contribution in [-0.4, -0.2) is 5.66 Å². The van der Waals surface area contributed by atoms with Crippen LogP contribution in [0.5, 0.6) is 0 Å². The maximum atomic E-state index is 5.64. The highest BCUT2D eigenvalue weighted by molar-refractivity contribution is 9.15. The summed E-state index contributed by atoms with van der Waals surface area (Å²) in [7, 11) is 0. The topological polar surface area (TPSA) is 52.0 Å². The van der Waals surface area contributed by atoms with E-state index in [2.05, 4.69) is 31.9 Å². The van der Waals surface area contributed by atoms with Gasteiger partial charge in [-0.3, -0.25) is 0 Å². The first-order chi connectivity index (χ1) is 4.51. The maximum absolute atomic E-state index is 5.64. The molecule has 4 N–H and O–H groups in total. The lowest BCUT2D eigenvalue weighted by atomic mass is 10.0. The van der Waals surface area contributed by atoms with Gasteiger partial charge in [0.05, 0.1) is 5.66 Å². The average Bonchev–Trinajstić information content (AvgIpc) is 1.79. The van der Waals surface area contributed by atoms with Gasteiger partial charge in [-0.1, -0.05) is 6.08 Å². The molecule has 0 heterocycles. The fourth-order valence-corrected chi connectivity index (χ4v) is 1.59. The van der Waals surface area contributed by atoms with Crippen LogP contribution in [0.2, 0.25) is 0 Å². The molecule has 10 heavy (non-hydrogen) atoms. The third-order valence-electron chi connectivity index (χ3n) is 1.26. The number of hydrogen-bond acceptors (Lipinski definition) is 2. The molecule has 0 fully saturated rings. The fraction of sp³-hybridized carbons (Fsp3) is 0.333. The van der Waals surface area contributed by atoms with Crippen LogP contribution in [0.3, 0.4) is 0 Å². The highest BCUT2D eigenvalue weighted by Crippen LogP contribution is 2.29. The van der Waals surface area contributed by atoms with E-state index in [1.54, 1.807) is 6.08 Å². The monoisotopic (exact) mass is 266 g/mol. The highest BCUT2D eigenvalue weighted by Gasteiger charge is 2.19. The summed E-state index contributed by atoms with van der Waals surface area (Å²) in [5.74, 6) is 0. The minimum absolute atomic E-state index is 0.669. The molecule has 0 aromatic heterocycles. The molecule has 0 spiro atoms. The summed E-state index contributed by atoms with van der Waals surface area (Å²) in [6.07, 6.45) is 4.41. The van der Waals surface area contributed by atoms with Crippen molar-refractivity contribution in [1.82, 2.24) is 0 Å². The molecular formula is C6H8Br2N2. The first-order valence-electron chi connectivity index (χ1n) is 2.83. The van der Waals surface area contributed by atoms with E-state index in [1.807, 2.05) is 6.08 Å². The van der Waals surface area contributed by atoms with Crippen LogP contribution in [0.1, 0.15) is 6.42 Å². The van der Waals surface area contributed by atoms with Crippen molar-refractivity contribution in [2.45, 2.75) is 12.1 Å². The lowest BCUT2D eigenvalue weighted by molar-refractivity contribution is 0.556. The molecule has 0 radical (unpaired) electrons. The van der Waals surface area contributed by atoms with Gasteiger partial charge in [-0.2, -0.15) is 0 Å². The molecule has 2 nitrogen and oxygen atoms in total. The van der Waals surface area contributed by atoms with Gasteiger partial charge in [-0.05, 0) is 37.9 Å². The van der Waals surface area contributed by atoms with Crippen molar-refractivity contribution in [3.8, 4) is 0 Å². The zero-order valence-electron chi connectivity index (χ0n) is 5.27. The van der Waals surface area contributed by atoms with E-state index >= 15 is 0 Å². The lowest BCUT2D eigenvalue weighted by Gasteiger charge is -2.22.